The summed E-state index contributed by atoms with van der Waals surface area (Å²) in [5.74, 6) is -1.38. The van der Waals surface area contributed by atoms with E-state index in [-0.39, 0.29) is 22.8 Å². The van der Waals surface area contributed by atoms with Crippen LogP contribution < -0.4 is 0 Å². The largest absolute Gasteiger partial charge is 0.478 e. The normalized spacial score (nSPS) is 12.1. The monoisotopic (exact) mass is 359 g/mol. The Balaban J connectivity index is 2.38. The molecule has 0 atom stereocenters. The van der Waals surface area contributed by atoms with Gasteiger partial charge in [0.25, 0.3) is 0 Å². The molecule has 0 fully saturated rings. The van der Waals surface area contributed by atoms with Gasteiger partial charge < -0.3 is 5.11 Å². The zero-order chi connectivity index (χ0) is 18.1. The summed E-state index contributed by atoms with van der Waals surface area (Å²) in [7, 11) is -2.86. The number of carboxylic acids is 1. The number of rotatable bonds is 6. The Bertz CT molecular complexity index is 865. The lowest BCUT2D eigenvalue weighted by Gasteiger charge is -2.19. The van der Waals surface area contributed by atoms with Crippen molar-refractivity contribution in [2.24, 2.45) is 0 Å². The number of carboxylic acid groups (broad SMARTS) is 1. The van der Waals surface area contributed by atoms with E-state index in [1.807, 2.05) is 0 Å². The summed E-state index contributed by atoms with van der Waals surface area (Å²) in [5, 5.41) is 9.00. The van der Waals surface area contributed by atoms with Crippen molar-refractivity contribution in [3.05, 3.63) is 47.5 Å². The smallest absolute Gasteiger partial charge is 0.335 e. The number of nitrogens with zero attached hydrogens (tertiary/aromatic N) is 3. The predicted octanol–water partition coefficient (Wildman–Crippen LogP) is 2.11. The van der Waals surface area contributed by atoms with Gasteiger partial charge in [-0.2, -0.15) is 13.1 Å². The summed E-state index contributed by atoms with van der Waals surface area (Å²) in [6.45, 7) is -1.70. The van der Waals surface area contributed by atoms with Crippen LogP contribution in [0.25, 0.3) is 0 Å². The molecule has 24 heavy (non-hydrogen) atoms. The molecule has 2 aromatic rings. The number of sulfonamides is 1. The number of hydrogen-bond acceptors (Lipinski definition) is 4. The quantitative estimate of drug-likeness (QED) is 0.853. The summed E-state index contributed by atoms with van der Waals surface area (Å²) < 4.78 is 52.4. The fourth-order valence-electron chi connectivity index (χ4n) is 2.11. The van der Waals surface area contributed by atoms with Gasteiger partial charge in [-0.15, -0.1) is 0 Å². The van der Waals surface area contributed by atoms with E-state index in [1.165, 1.54) is 26.1 Å². The second-order valence-electron chi connectivity index (χ2n) is 5.07. The standard InChI is InChI=1S/C14H15F2N3O4S/c1-9-3-4-10(13(20)21)7-11(9)24(22,23)18(2)8-12-17-5-6-19(12)14(15)16/h3-7,14H,8H2,1-2H3,(H,20,21). The molecule has 0 aliphatic rings. The molecule has 0 aliphatic heterocycles. The number of carbonyl (C=O) groups is 1. The molecule has 0 radical (unpaired) electrons. The summed E-state index contributed by atoms with van der Waals surface area (Å²) in [6, 6.07) is 3.72. The van der Waals surface area contributed by atoms with Gasteiger partial charge in [0.1, 0.15) is 5.82 Å². The minimum absolute atomic E-state index is 0.122. The van der Waals surface area contributed by atoms with Crippen LogP contribution in [-0.2, 0) is 16.6 Å². The Morgan fingerprint density at radius 1 is 1.42 bits per heavy atom. The van der Waals surface area contributed by atoms with E-state index in [0.717, 1.165) is 22.8 Å². The van der Waals surface area contributed by atoms with Crippen LogP contribution in [0.2, 0.25) is 0 Å². The average molecular weight is 359 g/mol. The average Bonchev–Trinajstić information content (AvgIpc) is 2.95. The van der Waals surface area contributed by atoms with E-state index >= 15 is 0 Å². The van der Waals surface area contributed by atoms with E-state index in [9.17, 15) is 22.0 Å². The van der Waals surface area contributed by atoms with Crippen LogP contribution in [0.1, 0.15) is 28.3 Å². The first-order chi connectivity index (χ1) is 11.1. The molecule has 0 bridgehead atoms. The fraction of sp³-hybridized carbons (Fsp3) is 0.286. The van der Waals surface area contributed by atoms with E-state index in [2.05, 4.69) is 4.98 Å². The van der Waals surface area contributed by atoms with Crippen LogP contribution >= 0.6 is 0 Å². The van der Waals surface area contributed by atoms with Gasteiger partial charge in [0.05, 0.1) is 17.0 Å². The maximum atomic E-state index is 12.8. The van der Waals surface area contributed by atoms with Gasteiger partial charge in [0.2, 0.25) is 10.0 Å². The number of aromatic nitrogens is 2. The highest BCUT2D eigenvalue weighted by atomic mass is 32.2. The van der Waals surface area contributed by atoms with E-state index in [0.29, 0.717) is 10.1 Å². The minimum atomic E-state index is -4.07. The molecule has 1 heterocycles. The maximum Gasteiger partial charge on any atom is 0.335 e. The minimum Gasteiger partial charge on any atom is -0.478 e. The molecule has 7 nitrogen and oxygen atoms in total. The maximum absolute atomic E-state index is 12.8. The number of aromatic carboxylic acids is 1. The van der Waals surface area contributed by atoms with Gasteiger partial charge in [0.15, 0.2) is 0 Å². The van der Waals surface area contributed by atoms with Crippen molar-refractivity contribution in [1.29, 1.82) is 0 Å². The van der Waals surface area contributed by atoms with Gasteiger partial charge in [0, 0.05) is 19.4 Å². The molecule has 0 saturated heterocycles. The van der Waals surface area contributed by atoms with Gasteiger partial charge >= 0.3 is 12.5 Å². The molecule has 0 amide bonds. The number of hydrogen-bond donors (Lipinski definition) is 1. The van der Waals surface area contributed by atoms with Crippen molar-refractivity contribution >= 4 is 16.0 Å². The summed E-state index contributed by atoms with van der Waals surface area (Å²) >= 11 is 0. The number of halogens is 2. The summed E-state index contributed by atoms with van der Waals surface area (Å²) in [4.78, 5) is 14.6. The van der Waals surface area contributed by atoms with Gasteiger partial charge in [-0.05, 0) is 24.6 Å². The molecule has 1 aromatic heterocycles. The first-order valence-corrected chi connectivity index (χ1v) is 8.18. The lowest BCUT2D eigenvalue weighted by atomic mass is 10.1. The number of aryl methyl sites for hydroxylation is 1. The number of alkyl halides is 2. The van der Waals surface area contributed by atoms with Crippen molar-refractivity contribution < 1.29 is 27.1 Å². The van der Waals surface area contributed by atoms with Crippen LogP contribution in [0.5, 0.6) is 0 Å². The Labute approximate surface area is 137 Å². The van der Waals surface area contributed by atoms with Crippen LogP contribution in [0, 0.1) is 6.92 Å². The second kappa shape index (κ2) is 6.65. The summed E-state index contributed by atoms with van der Waals surface area (Å²) in [6.07, 6.45) is 2.20. The Kier molecular flexibility index (Phi) is 4.99. The second-order valence-corrected chi connectivity index (χ2v) is 7.09. The summed E-state index contributed by atoms with van der Waals surface area (Å²) in [5.41, 5.74) is 0.172. The third-order valence-corrected chi connectivity index (χ3v) is 5.39. The van der Waals surface area contributed by atoms with Crippen molar-refractivity contribution in [2.45, 2.75) is 24.9 Å². The highest BCUT2D eigenvalue weighted by Crippen LogP contribution is 2.22. The van der Waals surface area contributed by atoms with Crippen LogP contribution in [0.3, 0.4) is 0 Å². The van der Waals surface area contributed by atoms with Crippen LogP contribution in [-0.4, -0.2) is 40.4 Å². The molecule has 130 valence electrons. The van der Waals surface area contributed by atoms with Crippen molar-refractivity contribution in [1.82, 2.24) is 13.9 Å². The van der Waals surface area contributed by atoms with E-state index < -0.39 is 22.5 Å². The van der Waals surface area contributed by atoms with E-state index in [1.54, 1.807) is 0 Å². The molecule has 0 aliphatic carbocycles. The van der Waals surface area contributed by atoms with E-state index in [4.69, 9.17) is 5.11 Å². The predicted molar refractivity (Wildman–Crippen MR) is 80.3 cm³/mol. The Morgan fingerprint density at radius 3 is 2.67 bits per heavy atom. The number of benzene rings is 1. The third kappa shape index (κ3) is 3.44. The first kappa shape index (κ1) is 18.0. The zero-order valence-corrected chi connectivity index (χ0v) is 13.7. The lowest BCUT2D eigenvalue weighted by molar-refractivity contribution is 0.0656. The molecule has 0 saturated carbocycles. The lowest BCUT2D eigenvalue weighted by Crippen LogP contribution is -2.28. The molecule has 1 aromatic carbocycles. The third-order valence-electron chi connectivity index (χ3n) is 3.45. The highest BCUT2D eigenvalue weighted by Gasteiger charge is 2.26. The van der Waals surface area contributed by atoms with Crippen molar-refractivity contribution in [2.75, 3.05) is 7.05 Å². The van der Waals surface area contributed by atoms with Crippen LogP contribution in [0.15, 0.2) is 35.5 Å². The molecule has 10 heteroatoms. The Hall–Kier alpha value is -2.33. The molecule has 2 rings (SSSR count). The van der Waals surface area contributed by atoms with Crippen LogP contribution in [0.4, 0.5) is 8.78 Å². The molecular weight excluding hydrogens is 344 g/mol. The molecule has 0 spiro atoms. The zero-order valence-electron chi connectivity index (χ0n) is 12.8. The van der Waals surface area contributed by atoms with Gasteiger partial charge in [-0.3, -0.25) is 4.57 Å². The number of imidazole rings is 1. The van der Waals surface area contributed by atoms with Gasteiger partial charge in [-0.25, -0.2) is 18.2 Å². The molecule has 0 unspecified atom stereocenters. The van der Waals surface area contributed by atoms with Crippen molar-refractivity contribution in [3.63, 3.8) is 0 Å². The first-order valence-electron chi connectivity index (χ1n) is 6.74. The topological polar surface area (TPSA) is 92.5 Å². The SMILES string of the molecule is Cc1ccc(C(=O)O)cc1S(=O)(=O)N(C)Cc1nccn1C(F)F. The van der Waals surface area contributed by atoms with Gasteiger partial charge in [-0.1, -0.05) is 6.07 Å². The highest BCUT2D eigenvalue weighted by molar-refractivity contribution is 7.89. The molecule has 1 N–H and O–H groups in total. The Morgan fingerprint density at radius 2 is 2.08 bits per heavy atom. The fourth-order valence-corrected chi connectivity index (χ4v) is 3.48. The van der Waals surface area contributed by atoms with Crippen molar-refractivity contribution in [3.8, 4) is 0 Å². The molecular formula is C14H15F2N3O4S.